The molecule has 0 bridgehead atoms. The maximum atomic E-state index is 13.1. The Labute approximate surface area is 207 Å². The molecule has 1 aliphatic carbocycles. The molecule has 0 fully saturated rings. The Hall–Kier alpha value is -4.04. The van der Waals surface area contributed by atoms with Gasteiger partial charge in [-0.15, -0.1) is 0 Å². The van der Waals surface area contributed by atoms with Gasteiger partial charge in [0, 0.05) is 24.7 Å². The van der Waals surface area contributed by atoms with E-state index >= 15 is 0 Å². The molecule has 2 aliphatic heterocycles. The summed E-state index contributed by atoms with van der Waals surface area (Å²) in [6.45, 7) is 3.72. The number of benzene rings is 2. The van der Waals surface area contributed by atoms with Crippen molar-refractivity contribution >= 4 is 22.8 Å². The molecule has 0 saturated carbocycles. The van der Waals surface area contributed by atoms with Crippen LogP contribution in [-0.4, -0.2) is 30.0 Å². The number of fused-ring (bicyclic) bond motifs is 4. The van der Waals surface area contributed by atoms with Crippen LogP contribution in [0.25, 0.3) is 11.0 Å². The summed E-state index contributed by atoms with van der Waals surface area (Å²) in [5.41, 5.74) is 3.28. The summed E-state index contributed by atoms with van der Waals surface area (Å²) in [7, 11) is 0. The molecular formula is C28H26N2O6. The first-order valence-corrected chi connectivity index (χ1v) is 12.0. The molecule has 1 unspecified atom stereocenters. The van der Waals surface area contributed by atoms with Crippen LogP contribution in [0.3, 0.4) is 0 Å². The van der Waals surface area contributed by atoms with Crippen LogP contribution in [0.1, 0.15) is 28.7 Å². The van der Waals surface area contributed by atoms with E-state index in [1.165, 1.54) is 0 Å². The van der Waals surface area contributed by atoms with Gasteiger partial charge >= 0.3 is 5.97 Å². The van der Waals surface area contributed by atoms with Crippen molar-refractivity contribution in [1.82, 2.24) is 5.32 Å². The number of aliphatic carboxylic acids is 1. The number of carboxylic acids is 1. The molecule has 36 heavy (non-hydrogen) atoms. The predicted octanol–water partition coefficient (Wildman–Crippen LogP) is 3.82. The SMILES string of the molecule is Cc1cc(CCNC2(C(=O)O)C=CC=CC2)c2oc(N3Cc4ccc5c(c4C3)OCO5)cc(=O)c2c1. The summed E-state index contributed by atoms with van der Waals surface area (Å²) in [5, 5.41) is 13.5. The van der Waals surface area contributed by atoms with Crippen LogP contribution >= 0.6 is 0 Å². The lowest BCUT2D eigenvalue weighted by Gasteiger charge is -2.28. The number of ether oxygens (including phenoxy) is 2. The number of allylic oxidation sites excluding steroid dienone is 2. The fourth-order valence-corrected chi connectivity index (χ4v) is 5.22. The average Bonchev–Trinajstić information content (AvgIpc) is 3.52. The van der Waals surface area contributed by atoms with Gasteiger partial charge in [-0.25, -0.2) is 4.79 Å². The summed E-state index contributed by atoms with van der Waals surface area (Å²) >= 11 is 0. The molecule has 1 atom stereocenters. The smallest absolute Gasteiger partial charge is 0.328 e. The van der Waals surface area contributed by atoms with Crippen LogP contribution in [0.5, 0.6) is 11.5 Å². The van der Waals surface area contributed by atoms with Crippen molar-refractivity contribution in [2.24, 2.45) is 0 Å². The molecule has 3 aromatic rings. The van der Waals surface area contributed by atoms with Crippen LogP contribution in [0.4, 0.5) is 5.88 Å². The van der Waals surface area contributed by atoms with Crippen molar-refractivity contribution in [2.45, 2.75) is 38.4 Å². The number of aryl methyl sites for hydroxylation is 1. The topological polar surface area (TPSA) is 101 Å². The lowest BCUT2D eigenvalue weighted by Crippen LogP contribution is -2.51. The second-order valence-electron chi connectivity index (χ2n) is 9.49. The molecule has 2 aromatic carbocycles. The van der Waals surface area contributed by atoms with E-state index in [-0.39, 0.29) is 12.2 Å². The van der Waals surface area contributed by atoms with Crippen LogP contribution in [0.15, 0.2) is 63.8 Å². The van der Waals surface area contributed by atoms with Crippen molar-refractivity contribution in [3.05, 3.63) is 87.1 Å². The lowest BCUT2D eigenvalue weighted by molar-refractivity contribution is -0.142. The number of carbonyl (C=O) groups is 1. The minimum absolute atomic E-state index is 0.104. The Morgan fingerprint density at radius 1 is 1.17 bits per heavy atom. The molecule has 6 rings (SSSR count). The molecule has 8 heteroatoms. The quantitative estimate of drug-likeness (QED) is 0.542. The highest BCUT2D eigenvalue weighted by atomic mass is 16.7. The van der Waals surface area contributed by atoms with Gasteiger partial charge in [-0.05, 0) is 48.6 Å². The van der Waals surface area contributed by atoms with Crippen LogP contribution in [0.2, 0.25) is 0 Å². The molecule has 0 amide bonds. The van der Waals surface area contributed by atoms with E-state index in [2.05, 4.69) is 5.32 Å². The van der Waals surface area contributed by atoms with Gasteiger partial charge in [0.2, 0.25) is 12.7 Å². The third-order valence-corrected chi connectivity index (χ3v) is 7.08. The van der Waals surface area contributed by atoms with Gasteiger partial charge in [-0.2, -0.15) is 0 Å². The zero-order valence-electron chi connectivity index (χ0n) is 19.9. The van der Waals surface area contributed by atoms with Gasteiger partial charge in [0.15, 0.2) is 16.9 Å². The highest BCUT2D eigenvalue weighted by Crippen LogP contribution is 2.42. The standard InChI is InChI=1S/C28H26N2O6/c1-17-11-18(7-10-29-28(27(32)33)8-3-2-4-9-28)25-20(12-17)22(31)13-24(36-25)30-14-19-5-6-23-26(21(19)15-30)35-16-34-23/h2-6,8,11-13,29H,7,9-10,14-16H2,1H3,(H,32,33). The molecule has 3 aliphatic rings. The molecule has 184 valence electrons. The number of nitrogens with one attached hydrogen (secondary N) is 1. The molecular weight excluding hydrogens is 460 g/mol. The number of anilines is 1. The Kier molecular flexibility index (Phi) is 5.34. The molecule has 2 N–H and O–H groups in total. The van der Waals surface area contributed by atoms with Gasteiger partial charge in [-0.3, -0.25) is 10.1 Å². The van der Waals surface area contributed by atoms with E-state index in [1.807, 2.05) is 48.2 Å². The average molecular weight is 487 g/mol. The van der Waals surface area contributed by atoms with E-state index in [0.717, 1.165) is 33.8 Å². The van der Waals surface area contributed by atoms with E-state index in [9.17, 15) is 14.7 Å². The van der Waals surface area contributed by atoms with Crippen molar-refractivity contribution < 1.29 is 23.8 Å². The third-order valence-electron chi connectivity index (χ3n) is 7.08. The summed E-state index contributed by atoms with van der Waals surface area (Å²) in [6.07, 6.45) is 8.00. The number of rotatable bonds is 6. The molecule has 0 radical (unpaired) electrons. The van der Waals surface area contributed by atoms with Crippen LogP contribution in [-0.2, 0) is 24.3 Å². The fraction of sp³-hybridized carbons (Fsp3) is 0.286. The second kappa shape index (κ2) is 8.57. The van der Waals surface area contributed by atoms with Gasteiger partial charge in [-0.1, -0.05) is 36.4 Å². The van der Waals surface area contributed by atoms with Crippen LogP contribution < -0.4 is 25.1 Å². The van der Waals surface area contributed by atoms with Gasteiger partial charge in [0.05, 0.1) is 11.9 Å². The fourth-order valence-electron chi connectivity index (χ4n) is 5.22. The van der Waals surface area contributed by atoms with Gasteiger partial charge in [0.25, 0.3) is 0 Å². The molecule has 0 saturated heterocycles. The highest BCUT2D eigenvalue weighted by Gasteiger charge is 2.35. The van der Waals surface area contributed by atoms with E-state index in [0.29, 0.717) is 49.3 Å². The number of nitrogens with zero attached hydrogens (tertiary/aromatic N) is 1. The number of hydrogen-bond acceptors (Lipinski definition) is 7. The molecule has 8 nitrogen and oxygen atoms in total. The zero-order chi connectivity index (χ0) is 24.9. The first-order valence-electron chi connectivity index (χ1n) is 12.0. The van der Waals surface area contributed by atoms with Crippen molar-refractivity contribution in [3.8, 4) is 11.5 Å². The number of hydrogen-bond donors (Lipinski definition) is 2. The summed E-state index contributed by atoms with van der Waals surface area (Å²) in [6, 6.07) is 9.32. The second-order valence-corrected chi connectivity index (χ2v) is 9.49. The summed E-state index contributed by atoms with van der Waals surface area (Å²) < 4.78 is 17.5. The molecule has 0 spiro atoms. The minimum atomic E-state index is -1.13. The summed E-state index contributed by atoms with van der Waals surface area (Å²) in [4.78, 5) is 27.1. The van der Waals surface area contributed by atoms with Crippen molar-refractivity contribution in [1.29, 1.82) is 0 Å². The zero-order valence-corrected chi connectivity index (χ0v) is 19.9. The van der Waals surface area contributed by atoms with Crippen molar-refractivity contribution in [3.63, 3.8) is 0 Å². The Morgan fingerprint density at radius 2 is 2.06 bits per heavy atom. The largest absolute Gasteiger partial charge is 0.480 e. The Morgan fingerprint density at radius 3 is 2.86 bits per heavy atom. The van der Waals surface area contributed by atoms with E-state index in [4.69, 9.17) is 13.9 Å². The minimum Gasteiger partial charge on any atom is -0.480 e. The lowest BCUT2D eigenvalue weighted by atomic mass is 9.91. The first kappa shape index (κ1) is 22.4. The number of carboxylic acid groups (broad SMARTS) is 1. The van der Waals surface area contributed by atoms with Gasteiger partial charge < -0.3 is 23.9 Å². The van der Waals surface area contributed by atoms with Crippen molar-refractivity contribution in [2.75, 3.05) is 18.2 Å². The maximum Gasteiger partial charge on any atom is 0.328 e. The summed E-state index contributed by atoms with van der Waals surface area (Å²) in [5.74, 6) is 1.08. The Balaban J connectivity index is 1.30. The first-order chi connectivity index (χ1) is 17.4. The van der Waals surface area contributed by atoms with E-state index in [1.54, 1.807) is 18.2 Å². The predicted molar refractivity (Wildman–Crippen MR) is 135 cm³/mol. The van der Waals surface area contributed by atoms with E-state index < -0.39 is 11.5 Å². The molecule has 1 aromatic heterocycles. The highest BCUT2D eigenvalue weighted by molar-refractivity contribution is 5.83. The maximum absolute atomic E-state index is 13.1. The Bertz CT molecular complexity index is 1500. The van der Waals surface area contributed by atoms with Crippen LogP contribution in [0, 0.1) is 6.92 Å². The van der Waals surface area contributed by atoms with Gasteiger partial charge in [0.1, 0.15) is 11.1 Å². The normalized spacial score (nSPS) is 19.8. The third kappa shape index (κ3) is 3.74. The monoisotopic (exact) mass is 486 g/mol. The molecule has 3 heterocycles.